The average molecular weight is 427 g/mol. The predicted molar refractivity (Wildman–Crippen MR) is 111 cm³/mol. The molecule has 0 saturated heterocycles. The number of benzene rings is 1. The van der Waals surface area contributed by atoms with Gasteiger partial charge in [0.05, 0.1) is 5.02 Å². The second-order valence-corrected chi connectivity index (χ2v) is 9.51. The maximum atomic E-state index is 12.5. The largest absolute Gasteiger partial charge is 0.479 e. The molecule has 1 aromatic carbocycles. The molecular weight excluding hydrogens is 403 g/mol. The second kappa shape index (κ2) is 7.76. The van der Waals surface area contributed by atoms with Crippen molar-refractivity contribution in [1.29, 1.82) is 0 Å². The van der Waals surface area contributed by atoms with Gasteiger partial charge in [-0.3, -0.25) is 10.1 Å². The molecule has 27 heavy (non-hydrogen) atoms. The van der Waals surface area contributed by atoms with Crippen LogP contribution < -0.4 is 15.4 Å². The zero-order chi connectivity index (χ0) is 19.1. The molecule has 1 unspecified atom stereocenters. The molecule has 0 radical (unpaired) electrons. The van der Waals surface area contributed by atoms with E-state index < -0.39 is 6.10 Å². The van der Waals surface area contributed by atoms with Crippen molar-refractivity contribution in [2.45, 2.75) is 51.2 Å². The van der Waals surface area contributed by atoms with E-state index in [9.17, 15) is 4.79 Å². The molecule has 146 valence electrons. The molecule has 5 rings (SSSR count). The van der Waals surface area contributed by atoms with Crippen LogP contribution in [0.5, 0.6) is 5.75 Å². The predicted octanol–water partition coefficient (Wildman–Crippen LogP) is 4.58. The number of carbonyl (C=O) groups is 1. The van der Waals surface area contributed by atoms with Crippen molar-refractivity contribution >= 4 is 46.4 Å². The third-order valence-corrected chi connectivity index (χ3v) is 7.08. The first-order chi connectivity index (χ1) is 12.9. The second-order valence-electron chi connectivity index (χ2n) is 8.25. The summed E-state index contributed by atoms with van der Waals surface area (Å²) in [5.74, 6) is 3.33. The van der Waals surface area contributed by atoms with E-state index in [4.69, 9.17) is 40.2 Å². The Bertz CT molecular complexity index is 729. The van der Waals surface area contributed by atoms with Gasteiger partial charge in [0, 0.05) is 11.1 Å². The highest BCUT2D eigenvalue weighted by Crippen LogP contribution is 2.53. The number of halogens is 2. The summed E-state index contributed by atoms with van der Waals surface area (Å²) < 4.78 is 5.66. The minimum Gasteiger partial charge on any atom is -0.479 e. The molecular formula is C20H24Cl2N2O2S. The van der Waals surface area contributed by atoms with Crippen molar-refractivity contribution in [2.24, 2.45) is 23.7 Å². The molecule has 0 spiro atoms. The van der Waals surface area contributed by atoms with E-state index in [0.717, 1.165) is 11.8 Å². The van der Waals surface area contributed by atoms with E-state index in [1.807, 2.05) is 0 Å². The lowest BCUT2D eigenvalue weighted by atomic mass is 9.54. The molecule has 4 nitrogen and oxygen atoms in total. The smallest absolute Gasteiger partial charge is 0.266 e. The van der Waals surface area contributed by atoms with Gasteiger partial charge in [0.1, 0.15) is 5.75 Å². The van der Waals surface area contributed by atoms with Crippen LogP contribution in [0, 0.1) is 23.7 Å². The Morgan fingerprint density at radius 1 is 1.15 bits per heavy atom. The van der Waals surface area contributed by atoms with Gasteiger partial charge < -0.3 is 10.1 Å². The molecule has 1 aromatic rings. The molecule has 1 amide bonds. The van der Waals surface area contributed by atoms with E-state index in [-0.39, 0.29) is 5.91 Å². The van der Waals surface area contributed by atoms with Crippen LogP contribution in [0.3, 0.4) is 0 Å². The van der Waals surface area contributed by atoms with Crippen molar-refractivity contribution in [3.63, 3.8) is 0 Å². The van der Waals surface area contributed by atoms with Crippen LogP contribution in [0.15, 0.2) is 18.2 Å². The van der Waals surface area contributed by atoms with Crippen LogP contribution in [0.25, 0.3) is 0 Å². The number of carbonyl (C=O) groups excluding carboxylic acids is 1. The Kier molecular flexibility index (Phi) is 5.55. The van der Waals surface area contributed by atoms with E-state index >= 15 is 0 Å². The van der Waals surface area contributed by atoms with Crippen LogP contribution in [0.4, 0.5) is 0 Å². The van der Waals surface area contributed by atoms with E-state index in [1.165, 1.54) is 32.1 Å². The zero-order valence-electron chi connectivity index (χ0n) is 15.2. The number of hydrogen-bond acceptors (Lipinski definition) is 3. The Labute approximate surface area is 175 Å². The highest BCUT2D eigenvalue weighted by molar-refractivity contribution is 7.80. The van der Waals surface area contributed by atoms with Crippen LogP contribution in [-0.2, 0) is 4.79 Å². The average Bonchev–Trinajstić information content (AvgIpc) is 2.59. The third kappa shape index (κ3) is 4.20. The number of hydrogen-bond donors (Lipinski definition) is 2. The molecule has 2 N–H and O–H groups in total. The summed E-state index contributed by atoms with van der Waals surface area (Å²) in [6.45, 7) is 1.67. The number of amides is 1. The SMILES string of the molecule is CC(Oc1ccc(Cl)cc1Cl)C(=O)NC(=S)NC1C2CC3CC(C2)CC1C3. The van der Waals surface area contributed by atoms with Gasteiger partial charge in [0.25, 0.3) is 5.91 Å². The molecule has 1 atom stereocenters. The minimum absolute atomic E-state index is 0.290. The Morgan fingerprint density at radius 2 is 1.78 bits per heavy atom. The molecule has 4 saturated carbocycles. The molecule has 7 heteroatoms. The summed E-state index contributed by atoms with van der Waals surface area (Å²) in [4.78, 5) is 12.5. The molecule has 0 heterocycles. The monoisotopic (exact) mass is 426 g/mol. The van der Waals surface area contributed by atoms with Gasteiger partial charge in [-0.2, -0.15) is 0 Å². The van der Waals surface area contributed by atoms with Crippen molar-refractivity contribution in [1.82, 2.24) is 10.6 Å². The highest BCUT2D eigenvalue weighted by atomic mass is 35.5. The summed E-state index contributed by atoms with van der Waals surface area (Å²) in [6.07, 6.45) is 5.90. The molecule has 0 aromatic heterocycles. The number of rotatable bonds is 4. The van der Waals surface area contributed by atoms with Gasteiger partial charge in [-0.05, 0) is 93.1 Å². The lowest BCUT2D eigenvalue weighted by Gasteiger charge is -2.54. The van der Waals surface area contributed by atoms with E-state index in [1.54, 1.807) is 25.1 Å². The number of nitrogens with one attached hydrogen (secondary N) is 2. The lowest BCUT2D eigenvalue weighted by Crippen LogP contribution is -2.58. The van der Waals surface area contributed by atoms with Gasteiger partial charge in [0.15, 0.2) is 11.2 Å². The summed E-state index contributed by atoms with van der Waals surface area (Å²) >= 11 is 17.4. The topological polar surface area (TPSA) is 50.4 Å². The van der Waals surface area contributed by atoms with Crippen LogP contribution >= 0.6 is 35.4 Å². The van der Waals surface area contributed by atoms with Crippen LogP contribution in [-0.4, -0.2) is 23.2 Å². The fourth-order valence-electron chi connectivity index (χ4n) is 5.38. The first-order valence-corrected chi connectivity index (χ1v) is 10.8. The van der Waals surface area contributed by atoms with E-state index in [2.05, 4.69) is 10.6 Å². The maximum absolute atomic E-state index is 12.5. The van der Waals surface area contributed by atoms with Crippen LogP contribution in [0.1, 0.15) is 39.0 Å². The third-order valence-electron chi connectivity index (χ3n) is 6.33. The van der Waals surface area contributed by atoms with Crippen molar-refractivity contribution in [3.8, 4) is 5.75 Å². The lowest BCUT2D eigenvalue weighted by molar-refractivity contribution is -0.125. The fraction of sp³-hybridized carbons (Fsp3) is 0.600. The van der Waals surface area contributed by atoms with Crippen molar-refractivity contribution in [3.05, 3.63) is 28.2 Å². The van der Waals surface area contributed by atoms with Gasteiger partial charge in [-0.15, -0.1) is 0 Å². The molecule has 0 aliphatic heterocycles. The van der Waals surface area contributed by atoms with Crippen molar-refractivity contribution in [2.75, 3.05) is 0 Å². The standard InChI is InChI=1S/C20H24Cl2N2O2S/c1-10(26-17-3-2-15(21)9-16(17)22)19(25)24-20(27)23-18-13-5-11-4-12(7-13)8-14(18)6-11/h2-3,9-14,18H,4-8H2,1H3,(H2,23,24,25,27). The van der Waals surface area contributed by atoms with Gasteiger partial charge in [0.2, 0.25) is 0 Å². The van der Waals surface area contributed by atoms with Crippen molar-refractivity contribution < 1.29 is 9.53 Å². The quantitative estimate of drug-likeness (QED) is 0.691. The zero-order valence-corrected chi connectivity index (χ0v) is 17.5. The summed E-state index contributed by atoms with van der Waals surface area (Å²) in [6, 6.07) is 5.31. The Morgan fingerprint density at radius 3 is 2.37 bits per heavy atom. The molecule has 4 aliphatic rings. The van der Waals surface area contributed by atoms with Crippen LogP contribution in [0.2, 0.25) is 10.0 Å². The molecule has 4 aliphatic carbocycles. The first-order valence-electron chi connectivity index (χ1n) is 9.62. The highest BCUT2D eigenvalue weighted by Gasteiger charge is 2.48. The minimum atomic E-state index is -0.720. The number of thiocarbonyl (C=S) groups is 1. The van der Waals surface area contributed by atoms with Gasteiger partial charge >= 0.3 is 0 Å². The molecule has 4 fully saturated rings. The van der Waals surface area contributed by atoms with Gasteiger partial charge in [-0.1, -0.05) is 23.2 Å². The first kappa shape index (κ1) is 19.3. The normalized spacial score (nSPS) is 32.0. The Balaban J connectivity index is 1.30. The summed E-state index contributed by atoms with van der Waals surface area (Å²) in [5, 5.41) is 7.50. The number of ether oxygens (including phenoxy) is 1. The van der Waals surface area contributed by atoms with E-state index in [0.29, 0.717) is 38.8 Å². The summed E-state index contributed by atoms with van der Waals surface area (Å²) in [5.41, 5.74) is 0. The fourth-order valence-corrected chi connectivity index (χ4v) is 6.07. The Hall–Kier alpha value is -1.04. The van der Waals surface area contributed by atoms with Gasteiger partial charge in [-0.25, -0.2) is 0 Å². The molecule has 4 bridgehead atoms. The summed E-state index contributed by atoms with van der Waals surface area (Å²) in [7, 11) is 0. The maximum Gasteiger partial charge on any atom is 0.266 e.